The molecule has 0 radical (unpaired) electrons. The quantitative estimate of drug-likeness (QED) is 0.255. The minimum absolute atomic E-state index is 0.0166. The number of nitro groups is 1. The standard InChI is InChI=1S/C14H9F3N4O6S/c1-26-11(22)5-10-12(23)19-13(28-10)20-18-6-7-2-3-9(27-14(15,16)17)8(4-7)21(24)25/h2-6H,1H3,(H,19,20,23)/b10-5+,18-6?. The smallest absolute Gasteiger partial charge is 0.466 e. The summed E-state index contributed by atoms with van der Waals surface area (Å²) in [5, 5.41) is 20.5. The van der Waals surface area contributed by atoms with Gasteiger partial charge in [0.2, 0.25) is 5.75 Å². The number of hydrogen-bond acceptors (Lipinski definition) is 9. The van der Waals surface area contributed by atoms with Crippen molar-refractivity contribution in [1.29, 1.82) is 0 Å². The van der Waals surface area contributed by atoms with E-state index in [1.54, 1.807) is 0 Å². The van der Waals surface area contributed by atoms with E-state index in [0.717, 1.165) is 49.4 Å². The Balaban J connectivity index is 2.16. The Bertz CT molecular complexity index is 913. The van der Waals surface area contributed by atoms with Gasteiger partial charge in [-0.05, 0) is 23.9 Å². The van der Waals surface area contributed by atoms with E-state index < -0.39 is 34.6 Å². The number of halogens is 3. The molecule has 1 aromatic rings. The molecule has 0 unspecified atom stereocenters. The van der Waals surface area contributed by atoms with Crippen molar-refractivity contribution in [3.63, 3.8) is 0 Å². The highest BCUT2D eigenvalue weighted by atomic mass is 32.2. The summed E-state index contributed by atoms with van der Waals surface area (Å²) in [6, 6.07) is 2.68. The molecule has 148 valence electrons. The van der Waals surface area contributed by atoms with E-state index in [4.69, 9.17) is 0 Å². The summed E-state index contributed by atoms with van der Waals surface area (Å²) in [7, 11) is 1.14. The van der Waals surface area contributed by atoms with Crippen LogP contribution in [0.1, 0.15) is 5.56 Å². The fourth-order valence-corrected chi connectivity index (χ4v) is 2.50. The minimum Gasteiger partial charge on any atom is -0.466 e. The summed E-state index contributed by atoms with van der Waals surface area (Å²) in [6.45, 7) is 0. The summed E-state index contributed by atoms with van der Waals surface area (Å²) in [6.07, 6.45) is -3.11. The normalized spacial score (nSPS) is 17.2. The van der Waals surface area contributed by atoms with Crippen molar-refractivity contribution in [1.82, 2.24) is 5.32 Å². The van der Waals surface area contributed by atoms with E-state index in [0.29, 0.717) is 0 Å². The monoisotopic (exact) mass is 418 g/mol. The maximum atomic E-state index is 12.3. The zero-order chi connectivity index (χ0) is 20.9. The van der Waals surface area contributed by atoms with Crippen LogP contribution >= 0.6 is 11.8 Å². The predicted octanol–water partition coefficient (Wildman–Crippen LogP) is 2.10. The van der Waals surface area contributed by atoms with Crippen LogP contribution in [0.25, 0.3) is 0 Å². The van der Waals surface area contributed by atoms with Gasteiger partial charge in [-0.15, -0.1) is 18.3 Å². The van der Waals surface area contributed by atoms with Crippen LogP contribution in [0.3, 0.4) is 0 Å². The third-order valence-corrected chi connectivity index (χ3v) is 3.76. The van der Waals surface area contributed by atoms with Gasteiger partial charge in [0.1, 0.15) is 0 Å². The van der Waals surface area contributed by atoms with Crippen LogP contribution in [-0.2, 0) is 14.3 Å². The molecular formula is C14H9F3N4O6S. The Kier molecular flexibility index (Phi) is 6.35. The van der Waals surface area contributed by atoms with Gasteiger partial charge < -0.3 is 9.47 Å². The number of rotatable bonds is 5. The van der Waals surface area contributed by atoms with Crippen LogP contribution in [0.15, 0.2) is 39.4 Å². The summed E-state index contributed by atoms with van der Waals surface area (Å²) >= 11 is 0.797. The van der Waals surface area contributed by atoms with Gasteiger partial charge in [-0.1, -0.05) is 0 Å². The number of benzene rings is 1. The van der Waals surface area contributed by atoms with Gasteiger partial charge in [0.05, 0.1) is 23.2 Å². The average Bonchev–Trinajstić information content (AvgIpc) is 2.94. The first-order chi connectivity index (χ1) is 13.1. The maximum absolute atomic E-state index is 12.3. The van der Waals surface area contributed by atoms with Gasteiger partial charge in [-0.3, -0.25) is 20.2 Å². The summed E-state index contributed by atoms with van der Waals surface area (Å²) < 4.78 is 44.8. The Hall–Kier alpha value is -3.42. The molecule has 28 heavy (non-hydrogen) atoms. The highest BCUT2D eigenvalue weighted by molar-refractivity contribution is 8.18. The third-order valence-electron chi connectivity index (χ3n) is 2.86. The van der Waals surface area contributed by atoms with Crippen molar-refractivity contribution in [3.05, 3.63) is 44.9 Å². The topological polar surface area (TPSA) is 132 Å². The van der Waals surface area contributed by atoms with Gasteiger partial charge in [-0.2, -0.15) is 5.10 Å². The molecule has 2 rings (SSSR count). The largest absolute Gasteiger partial charge is 0.573 e. The molecule has 0 aliphatic carbocycles. The Morgan fingerprint density at radius 1 is 1.39 bits per heavy atom. The Morgan fingerprint density at radius 2 is 2.11 bits per heavy atom. The summed E-state index contributed by atoms with van der Waals surface area (Å²) in [4.78, 5) is 32.6. The predicted molar refractivity (Wildman–Crippen MR) is 90.6 cm³/mol. The number of ether oxygens (including phenoxy) is 2. The molecule has 0 aromatic heterocycles. The number of hydrogen-bond donors (Lipinski definition) is 1. The molecule has 1 aliphatic heterocycles. The van der Waals surface area contributed by atoms with Crippen LogP contribution in [0, 0.1) is 10.1 Å². The number of alkyl halides is 3. The van der Waals surface area contributed by atoms with Crippen LogP contribution in [0.5, 0.6) is 5.75 Å². The Morgan fingerprint density at radius 3 is 2.71 bits per heavy atom. The molecule has 14 heteroatoms. The van der Waals surface area contributed by atoms with E-state index in [-0.39, 0.29) is 15.6 Å². The van der Waals surface area contributed by atoms with Crippen molar-refractivity contribution in [2.45, 2.75) is 6.36 Å². The highest BCUT2D eigenvalue weighted by Gasteiger charge is 2.34. The number of esters is 1. The van der Waals surface area contributed by atoms with Gasteiger partial charge in [0.25, 0.3) is 5.91 Å². The van der Waals surface area contributed by atoms with Crippen molar-refractivity contribution in [3.8, 4) is 5.75 Å². The first-order valence-corrected chi connectivity index (χ1v) is 7.85. The Labute approximate surface area is 158 Å². The highest BCUT2D eigenvalue weighted by Crippen LogP contribution is 2.32. The van der Waals surface area contributed by atoms with E-state index in [1.165, 1.54) is 0 Å². The lowest BCUT2D eigenvalue weighted by molar-refractivity contribution is -0.388. The van der Waals surface area contributed by atoms with E-state index >= 15 is 0 Å². The molecule has 1 N–H and O–H groups in total. The molecule has 1 aliphatic rings. The first kappa shape index (κ1) is 20.9. The fraction of sp³-hybridized carbons (Fsp3) is 0.143. The number of nitrogens with zero attached hydrogens (tertiary/aromatic N) is 3. The molecule has 1 heterocycles. The van der Waals surface area contributed by atoms with Crippen molar-refractivity contribution in [2.24, 2.45) is 10.2 Å². The lowest BCUT2D eigenvalue weighted by Gasteiger charge is -2.09. The van der Waals surface area contributed by atoms with Crippen molar-refractivity contribution >= 4 is 40.7 Å². The van der Waals surface area contributed by atoms with Gasteiger partial charge >= 0.3 is 18.0 Å². The zero-order valence-electron chi connectivity index (χ0n) is 13.7. The molecule has 0 atom stereocenters. The number of nitrogens with one attached hydrogen (secondary N) is 1. The molecule has 1 amide bonds. The lowest BCUT2D eigenvalue weighted by Crippen LogP contribution is -2.19. The molecular weight excluding hydrogens is 409 g/mol. The molecule has 10 nitrogen and oxygen atoms in total. The van der Waals surface area contributed by atoms with Crippen LogP contribution in [-0.4, -0.2) is 41.7 Å². The third kappa shape index (κ3) is 5.80. The fourth-order valence-electron chi connectivity index (χ4n) is 1.76. The molecule has 1 saturated heterocycles. The van der Waals surface area contributed by atoms with Crippen LogP contribution in [0.4, 0.5) is 18.9 Å². The number of amides is 1. The molecule has 0 bridgehead atoms. The number of carbonyl (C=O) groups excluding carboxylic acids is 2. The molecule has 0 saturated carbocycles. The maximum Gasteiger partial charge on any atom is 0.573 e. The van der Waals surface area contributed by atoms with E-state index in [1.807, 2.05) is 0 Å². The van der Waals surface area contributed by atoms with E-state index in [2.05, 4.69) is 25.0 Å². The van der Waals surface area contributed by atoms with Gasteiger partial charge in [0.15, 0.2) is 5.17 Å². The minimum atomic E-state index is -5.08. The molecule has 0 spiro atoms. The van der Waals surface area contributed by atoms with Gasteiger partial charge in [-0.25, -0.2) is 4.79 Å². The van der Waals surface area contributed by atoms with Crippen LogP contribution in [0.2, 0.25) is 0 Å². The second-order valence-electron chi connectivity index (χ2n) is 4.77. The lowest BCUT2D eigenvalue weighted by atomic mass is 10.2. The first-order valence-electron chi connectivity index (χ1n) is 7.03. The number of carbonyl (C=O) groups is 2. The summed E-state index contributed by atoms with van der Waals surface area (Å²) in [5.74, 6) is -2.32. The zero-order valence-corrected chi connectivity index (χ0v) is 14.5. The molecule has 1 aromatic carbocycles. The average molecular weight is 418 g/mol. The number of thioether (sulfide) groups is 1. The number of nitro benzene ring substituents is 1. The van der Waals surface area contributed by atoms with Crippen LogP contribution < -0.4 is 10.1 Å². The molecule has 1 fully saturated rings. The second kappa shape index (κ2) is 8.51. The number of amidine groups is 1. The van der Waals surface area contributed by atoms with Crippen molar-refractivity contribution < 1.29 is 37.2 Å². The van der Waals surface area contributed by atoms with Crippen molar-refractivity contribution in [2.75, 3.05) is 7.11 Å². The van der Waals surface area contributed by atoms with E-state index in [9.17, 15) is 32.9 Å². The SMILES string of the molecule is COC(=O)/C=C1/S/C(=N\N=Cc2ccc(OC(F)(F)F)c([N+](=O)[O-])c2)NC1=O. The number of methoxy groups -OCH3 is 1. The second-order valence-corrected chi connectivity index (χ2v) is 5.80. The van der Waals surface area contributed by atoms with Gasteiger partial charge in [0, 0.05) is 17.7 Å². The summed E-state index contributed by atoms with van der Waals surface area (Å²) in [5.41, 5.74) is -0.856.